The van der Waals surface area contributed by atoms with Crippen LogP contribution in [-0.4, -0.2) is 33.5 Å². The van der Waals surface area contributed by atoms with Crippen LogP contribution in [0.15, 0.2) is 4.52 Å². The fourth-order valence-electron chi connectivity index (χ4n) is 3.87. The monoisotopic (exact) mass is 305 g/mol. The second-order valence-corrected chi connectivity index (χ2v) is 6.74. The lowest BCUT2D eigenvalue weighted by Crippen LogP contribution is -2.37. The van der Waals surface area contributed by atoms with Gasteiger partial charge >= 0.3 is 0 Å². The first kappa shape index (κ1) is 15.5. The molecule has 1 aliphatic carbocycles. The van der Waals surface area contributed by atoms with Gasteiger partial charge in [0.05, 0.1) is 0 Å². The fraction of sp³-hybridized carbons (Fsp3) is 0.824. The Morgan fingerprint density at radius 3 is 2.64 bits per heavy atom. The molecule has 0 bridgehead atoms. The second-order valence-electron chi connectivity index (χ2n) is 6.74. The zero-order valence-electron chi connectivity index (χ0n) is 13.8. The van der Waals surface area contributed by atoms with Gasteiger partial charge in [-0.1, -0.05) is 38.3 Å². The van der Waals surface area contributed by atoms with Gasteiger partial charge in [-0.3, -0.25) is 4.79 Å². The van der Waals surface area contributed by atoms with Crippen LogP contribution in [0.1, 0.15) is 88.8 Å². The molecule has 1 saturated heterocycles. The lowest BCUT2D eigenvalue weighted by molar-refractivity contribution is -0.130. The highest BCUT2D eigenvalue weighted by Crippen LogP contribution is 2.33. The van der Waals surface area contributed by atoms with Crippen LogP contribution in [0.2, 0.25) is 0 Å². The molecular formula is C17H27N3O2. The van der Waals surface area contributed by atoms with Gasteiger partial charge in [0.15, 0.2) is 5.82 Å². The number of likely N-dealkylation sites (tertiary alicyclic amines) is 1. The molecule has 1 saturated carbocycles. The topological polar surface area (TPSA) is 59.2 Å². The summed E-state index contributed by atoms with van der Waals surface area (Å²) < 4.78 is 5.45. The molecule has 1 aromatic heterocycles. The average Bonchev–Trinajstić information content (AvgIpc) is 3.16. The first-order chi connectivity index (χ1) is 10.7. The molecule has 2 heterocycles. The number of hydrogen-bond donors (Lipinski definition) is 0. The van der Waals surface area contributed by atoms with Crippen LogP contribution in [0.25, 0.3) is 0 Å². The highest BCUT2D eigenvalue weighted by Gasteiger charge is 2.37. The molecule has 0 spiro atoms. The number of carbonyl (C=O) groups excluding carboxylic acids is 1. The van der Waals surface area contributed by atoms with E-state index in [9.17, 15) is 4.79 Å². The van der Waals surface area contributed by atoms with Crippen LogP contribution in [0, 0.1) is 0 Å². The summed E-state index contributed by atoms with van der Waals surface area (Å²) in [5.74, 6) is 2.19. The molecule has 1 unspecified atom stereocenters. The van der Waals surface area contributed by atoms with E-state index in [4.69, 9.17) is 4.52 Å². The zero-order valence-corrected chi connectivity index (χ0v) is 13.8. The van der Waals surface area contributed by atoms with E-state index in [1.54, 1.807) is 0 Å². The van der Waals surface area contributed by atoms with Gasteiger partial charge in [0.25, 0.3) is 0 Å². The molecule has 2 aliphatic rings. The summed E-state index contributed by atoms with van der Waals surface area (Å²) in [7, 11) is 0. The largest absolute Gasteiger partial charge is 0.339 e. The van der Waals surface area contributed by atoms with Crippen molar-refractivity contribution in [2.45, 2.75) is 83.1 Å². The Morgan fingerprint density at radius 1 is 1.23 bits per heavy atom. The van der Waals surface area contributed by atoms with Crippen molar-refractivity contribution in [3.63, 3.8) is 0 Å². The molecule has 1 atom stereocenters. The maximum atomic E-state index is 12.4. The second kappa shape index (κ2) is 6.80. The van der Waals surface area contributed by atoms with Crippen molar-refractivity contribution >= 4 is 5.91 Å². The minimum Gasteiger partial charge on any atom is -0.339 e. The third-order valence-corrected chi connectivity index (χ3v) is 5.33. The average molecular weight is 305 g/mol. The zero-order chi connectivity index (χ0) is 15.5. The fourth-order valence-corrected chi connectivity index (χ4v) is 3.87. The van der Waals surface area contributed by atoms with Crippen molar-refractivity contribution in [3.05, 3.63) is 11.7 Å². The highest BCUT2D eigenvalue weighted by atomic mass is 16.5. The third kappa shape index (κ3) is 3.03. The van der Waals surface area contributed by atoms with Gasteiger partial charge in [0.2, 0.25) is 11.8 Å². The van der Waals surface area contributed by atoms with Crippen LogP contribution >= 0.6 is 0 Å². The molecule has 5 heteroatoms. The highest BCUT2D eigenvalue weighted by molar-refractivity contribution is 5.79. The van der Waals surface area contributed by atoms with Gasteiger partial charge in [0, 0.05) is 30.8 Å². The van der Waals surface area contributed by atoms with E-state index in [0.717, 1.165) is 43.9 Å². The summed E-state index contributed by atoms with van der Waals surface area (Å²) >= 11 is 0. The molecule has 0 aromatic carbocycles. The Balaban J connectivity index is 1.67. The van der Waals surface area contributed by atoms with Gasteiger partial charge < -0.3 is 9.42 Å². The number of amides is 1. The van der Waals surface area contributed by atoms with Crippen LogP contribution < -0.4 is 0 Å². The first-order valence-corrected chi connectivity index (χ1v) is 8.85. The normalized spacial score (nSPS) is 23.7. The molecule has 0 N–H and O–H groups in total. The summed E-state index contributed by atoms with van der Waals surface area (Å²) in [6, 6.07) is 0.441. The van der Waals surface area contributed by atoms with E-state index in [1.807, 2.05) is 0 Å². The Kier molecular flexibility index (Phi) is 4.79. The van der Waals surface area contributed by atoms with E-state index >= 15 is 0 Å². The van der Waals surface area contributed by atoms with Gasteiger partial charge in [-0.2, -0.15) is 4.98 Å². The minimum absolute atomic E-state index is 0.112. The quantitative estimate of drug-likeness (QED) is 0.833. The Morgan fingerprint density at radius 2 is 1.95 bits per heavy atom. The maximum Gasteiger partial charge on any atom is 0.229 e. The Bertz CT molecular complexity index is 504. The molecule has 122 valence electrons. The lowest BCUT2D eigenvalue weighted by Gasteiger charge is -2.31. The number of rotatable bonds is 5. The summed E-state index contributed by atoms with van der Waals surface area (Å²) in [6.07, 6.45) is 8.68. The van der Waals surface area contributed by atoms with Gasteiger partial charge in [-0.15, -0.1) is 0 Å². The Hall–Kier alpha value is -1.39. The van der Waals surface area contributed by atoms with E-state index < -0.39 is 0 Å². The van der Waals surface area contributed by atoms with Crippen LogP contribution in [0.3, 0.4) is 0 Å². The van der Waals surface area contributed by atoms with Crippen LogP contribution in [0.4, 0.5) is 0 Å². The van der Waals surface area contributed by atoms with Crippen molar-refractivity contribution in [2.75, 3.05) is 6.54 Å². The molecular weight excluding hydrogens is 278 g/mol. The van der Waals surface area contributed by atoms with Gasteiger partial charge in [0.1, 0.15) is 0 Å². The summed E-state index contributed by atoms with van der Waals surface area (Å²) in [6.45, 7) is 5.05. The predicted octanol–water partition coefficient (Wildman–Crippen LogP) is 3.62. The standard InChI is InChI=1S/C17H27N3O2/c1-3-12(4-2)17-18-16(19-22-17)13-10-15(21)20(11-13)14-8-6-5-7-9-14/h12-14H,3-11H2,1-2H3. The van der Waals surface area contributed by atoms with Crippen molar-refractivity contribution < 1.29 is 9.32 Å². The number of hydrogen-bond acceptors (Lipinski definition) is 4. The molecule has 5 nitrogen and oxygen atoms in total. The van der Waals surface area contributed by atoms with E-state index in [1.165, 1.54) is 19.3 Å². The molecule has 22 heavy (non-hydrogen) atoms. The Labute approximate surface area is 132 Å². The molecule has 2 fully saturated rings. The smallest absolute Gasteiger partial charge is 0.229 e. The van der Waals surface area contributed by atoms with Crippen LogP contribution in [0.5, 0.6) is 0 Å². The van der Waals surface area contributed by atoms with Crippen molar-refractivity contribution in [3.8, 4) is 0 Å². The summed E-state index contributed by atoms with van der Waals surface area (Å²) in [5, 5.41) is 4.16. The predicted molar refractivity (Wildman–Crippen MR) is 83.6 cm³/mol. The van der Waals surface area contributed by atoms with Crippen molar-refractivity contribution in [1.82, 2.24) is 15.0 Å². The first-order valence-electron chi connectivity index (χ1n) is 8.85. The summed E-state index contributed by atoms with van der Waals surface area (Å²) in [5.41, 5.74) is 0. The third-order valence-electron chi connectivity index (χ3n) is 5.33. The van der Waals surface area contributed by atoms with E-state index in [-0.39, 0.29) is 11.8 Å². The van der Waals surface area contributed by atoms with Gasteiger partial charge in [-0.25, -0.2) is 0 Å². The van der Waals surface area contributed by atoms with Gasteiger partial charge in [-0.05, 0) is 25.7 Å². The minimum atomic E-state index is 0.112. The lowest BCUT2D eigenvalue weighted by atomic mass is 9.94. The number of nitrogens with zero attached hydrogens (tertiary/aromatic N) is 3. The molecule has 3 rings (SSSR count). The van der Waals surface area contributed by atoms with Crippen molar-refractivity contribution in [1.29, 1.82) is 0 Å². The number of carbonyl (C=O) groups is 1. The summed E-state index contributed by atoms with van der Waals surface area (Å²) in [4.78, 5) is 19.0. The molecule has 1 aliphatic heterocycles. The SMILES string of the molecule is CCC(CC)c1nc(C2CC(=O)N(C3CCCCC3)C2)no1. The van der Waals surface area contributed by atoms with Crippen LogP contribution in [-0.2, 0) is 4.79 Å². The molecule has 1 aromatic rings. The molecule has 1 amide bonds. The van der Waals surface area contributed by atoms with E-state index in [2.05, 4.69) is 28.9 Å². The molecule has 0 radical (unpaired) electrons. The van der Waals surface area contributed by atoms with E-state index in [0.29, 0.717) is 18.4 Å². The maximum absolute atomic E-state index is 12.4. The number of aromatic nitrogens is 2. The van der Waals surface area contributed by atoms with Crippen molar-refractivity contribution in [2.24, 2.45) is 0 Å².